The van der Waals surface area contributed by atoms with Gasteiger partial charge in [0.25, 0.3) is 0 Å². The minimum Gasteiger partial charge on any atom is -0.482 e. The molecule has 0 amide bonds. The Kier molecular flexibility index (Phi) is 5.76. The van der Waals surface area contributed by atoms with E-state index in [1.807, 2.05) is 18.3 Å². The van der Waals surface area contributed by atoms with Crippen molar-refractivity contribution in [1.82, 2.24) is 4.98 Å². The lowest BCUT2D eigenvalue weighted by Gasteiger charge is -2.08. The van der Waals surface area contributed by atoms with Crippen LogP contribution in [-0.4, -0.2) is 44.4 Å². The van der Waals surface area contributed by atoms with Crippen LogP contribution in [0.4, 0.5) is 0 Å². The van der Waals surface area contributed by atoms with Gasteiger partial charge in [-0.25, -0.2) is 14.6 Å². The van der Waals surface area contributed by atoms with Gasteiger partial charge in [-0.15, -0.1) is 0 Å². The summed E-state index contributed by atoms with van der Waals surface area (Å²) in [6.07, 6.45) is 2.68. The molecule has 0 saturated carbocycles. The molecule has 4 N–H and O–H groups in total. The highest BCUT2D eigenvalue weighted by Gasteiger charge is 2.13. The number of esters is 1. The molecule has 7 nitrogen and oxygen atoms in total. The van der Waals surface area contributed by atoms with Crippen LogP contribution in [0, 0.1) is 0 Å². The van der Waals surface area contributed by atoms with Gasteiger partial charge in [-0.05, 0) is 23.8 Å². The van der Waals surface area contributed by atoms with Crippen molar-refractivity contribution in [3.63, 3.8) is 0 Å². The second-order valence-corrected chi connectivity index (χ2v) is 4.91. The minimum atomic E-state index is -0.413. The zero-order valence-corrected chi connectivity index (χ0v) is 12.8. The van der Waals surface area contributed by atoms with Crippen molar-refractivity contribution in [2.75, 3.05) is 27.4 Å². The maximum absolute atomic E-state index is 11.1. The minimum absolute atomic E-state index is 0.0681. The molecule has 0 aliphatic carbocycles. The zero-order chi connectivity index (χ0) is 15.9. The van der Waals surface area contributed by atoms with E-state index in [2.05, 4.69) is 20.3 Å². The van der Waals surface area contributed by atoms with Crippen LogP contribution in [0.15, 0.2) is 24.4 Å². The molecule has 7 heteroatoms. The van der Waals surface area contributed by atoms with Crippen molar-refractivity contribution >= 4 is 16.9 Å². The molecule has 1 aromatic heterocycles. The molecule has 0 saturated heterocycles. The van der Waals surface area contributed by atoms with Crippen molar-refractivity contribution in [3.05, 3.63) is 30.0 Å². The van der Waals surface area contributed by atoms with E-state index in [1.54, 1.807) is 6.07 Å². The average Bonchev–Trinajstić information content (AvgIpc) is 2.92. The first kappa shape index (κ1) is 16.3. The number of quaternary nitrogens is 1. The van der Waals surface area contributed by atoms with Gasteiger partial charge in [0.05, 0.1) is 14.2 Å². The van der Waals surface area contributed by atoms with Crippen molar-refractivity contribution in [2.45, 2.75) is 12.5 Å². The molecule has 0 aliphatic heterocycles. The normalized spacial score (nSPS) is 12.3. The van der Waals surface area contributed by atoms with E-state index in [-0.39, 0.29) is 12.6 Å². The van der Waals surface area contributed by atoms with Crippen molar-refractivity contribution in [3.8, 4) is 5.75 Å². The molecule has 22 heavy (non-hydrogen) atoms. The molecule has 1 aromatic carbocycles. The van der Waals surface area contributed by atoms with Crippen molar-refractivity contribution < 1.29 is 29.8 Å². The highest BCUT2D eigenvalue weighted by molar-refractivity contribution is 5.84. The van der Waals surface area contributed by atoms with E-state index in [0.717, 1.165) is 22.9 Å². The lowest BCUT2D eigenvalue weighted by atomic mass is 10.1. The number of methoxy groups -OCH3 is 1. The van der Waals surface area contributed by atoms with Gasteiger partial charge in [-0.2, -0.15) is 0 Å². The highest BCUT2D eigenvalue weighted by Crippen LogP contribution is 2.24. The molecule has 1 unspecified atom stereocenters. The molecule has 1 atom stereocenters. The second kappa shape index (κ2) is 7.79. The summed E-state index contributed by atoms with van der Waals surface area (Å²) in [7, 11) is 2.80. The van der Waals surface area contributed by atoms with E-state index in [9.17, 15) is 4.79 Å². The Morgan fingerprint density at radius 2 is 2.18 bits per heavy atom. The summed E-state index contributed by atoms with van der Waals surface area (Å²) >= 11 is 0. The van der Waals surface area contributed by atoms with Crippen LogP contribution in [0.3, 0.4) is 0 Å². The summed E-state index contributed by atoms with van der Waals surface area (Å²) in [4.78, 5) is 23.8. The van der Waals surface area contributed by atoms with E-state index in [4.69, 9.17) is 9.62 Å². The summed E-state index contributed by atoms with van der Waals surface area (Å²) in [5.41, 5.74) is 6.15. The van der Waals surface area contributed by atoms with Gasteiger partial charge in [0, 0.05) is 23.5 Å². The number of aromatic nitrogens is 1. The Morgan fingerprint density at radius 1 is 1.36 bits per heavy atom. The smallest absolute Gasteiger partial charge is 0.343 e. The number of rotatable bonds is 8. The van der Waals surface area contributed by atoms with Crippen LogP contribution >= 0.6 is 0 Å². The number of H-pyrrole nitrogens is 1. The number of nitrogens with one attached hydrogen (secondary N) is 1. The maximum Gasteiger partial charge on any atom is 0.343 e. The number of benzene rings is 1. The third-order valence-electron chi connectivity index (χ3n) is 3.25. The van der Waals surface area contributed by atoms with Crippen LogP contribution < -0.4 is 10.5 Å². The zero-order valence-electron chi connectivity index (χ0n) is 12.8. The summed E-state index contributed by atoms with van der Waals surface area (Å²) in [6.45, 7) is 0.309. The van der Waals surface area contributed by atoms with Gasteiger partial charge in [-0.3, -0.25) is 0 Å². The molecule has 2 rings (SSSR count). The lowest BCUT2D eigenvalue weighted by molar-refractivity contribution is -0.445. The molecular formula is C15H21N2O5+. The summed E-state index contributed by atoms with van der Waals surface area (Å²) in [5.74, 6) is 0.205. The highest BCUT2D eigenvalue weighted by atomic mass is 17.2. The predicted molar refractivity (Wildman–Crippen MR) is 79.2 cm³/mol. The number of ether oxygens (including phenoxy) is 2. The Hall–Kier alpha value is -2.09. The topological polar surface area (TPSA) is 97.4 Å². The molecule has 0 radical (unpaired) electrons. The van der Waals surface area contributed by atoms with Crippen LogP contribution in [0.5, 0.6) is 5.75 Å². The Labute approximate surface area is 128 Å². The number of aromatic amines is 1. The van der Waals surface area contributed by atoms with Gasteiger partial charge in [-0.1, -0.05) is 0 Å². The van der Waals surface area contributed by atoms with Crippen LogP contribution in [0.2, 0.25) is 0 Å². The standard InChI is InChI=1S/C15H20N2O5/c1-19-15(18)9-21-12-3-4-14-13(6-12)10(7-17-14)5-11(16)8-22-20-2/h3-4,6-7,11,17H,5,8-9,16H2,1-2H3/p+1. The lowest BCUT2D eigenvalue weighted by Crippen LogP contribution is -2.64. The Balaban J connectivity index is 2.09. The van der Waals surface area contributed by atoms with E-state index < -0.39 is 5.97 Å². The molecular weight excluding hydrogens is 288 g/mol. The summed E-state index contributed by atoms with van der Waals surface area (Å²) < 4.78 is 9.97. The fourth-order valence-corrected chi connectivity index (χ4v) is 2.15. The number of carbonyl (C=O) groups excluding carboxylic acids is 1. The molecule has 120 valence electrons. The first-order valence-electron chi connectivity index (χ1n) is 6.92. The number of hydrogen-bond acceptors (Lipinski definition) is 5. The van der Waals surface area contributed by atoms with E-state index >= 15 is 0 Å². The van der Waals surface area contributed by atoms with Gasteiger partial charge >= 0.3 is 5.97 Å². The fraction of sp³-hybridized carbons (Fsp3) is 0.400. The Bertz CT molecular complexity index is 625. The summed E-state index contributed by atoms with van der Waals surface area (Å²) in [6, 6.07) is 5.68. The van der Waals surface area contributed by atoms with Gasteiger partial charge in [0.2, 0.25) is 0 Å². The first-order valence-corrected chi connectivity index (χ1v) is 6.92. The summed E-state index contributed by atoms with van der Waals surface area (Å²) in [5, 5.41) is 1.04. The molecule has 0 bridgehead atoms. The SMILES string of the molecule is COOCC([NH3+])Cc1c[nH]c2ccc(OCC(=O)OC)cc12. The fourth-order valence-electron chi connectivity index (χ4n) is 2.15. The molecule has 1 heterocycles. The van der Waals surface area contributed by atoms with Gasteiger partial charge in [0.15, 0.2) is 6.61 Å². The number of hydrogen-bond donors (Lipinski definition) is 2. The Morgan fingerprint density at radius 3 is 2.91 bits per heavy atom. The molecule has 0 aliphatic rings. The van der Waals surface area contributed by atoms with Gasteiger partial charge in [0.1, 0.15) is 18.4 Å². The molecule has 2 aromatic rings. The van der Waals surface area contributed by atoms with E-state index in [0.29, 0.717) is 12.4 Å². The maximum atomic E-state index is 11.1. The first-order chi connectivity index (χ1) is 10.6. The van der Waals surface area contributed by atoms with Crippen molar-refractivity contribution in [2.24, 2.45) is 0 Å². The quantitative estimate of drug-likeness (QED) is 0.419. The van der Waals surface area contributed by atoms with Gasteiger partial charge < -0.3 is 20.2 Å². The largest absolute Gasteiger partial charge is 0.482 e. The third kappa shape index (κ3) is 4.20. The molecule has 0 fully saturated rings. The predicted octanol–water partition coefficient (Wildman–Crippen LogP) is 0.451. The van der Waals surface area contributed by atoms with Crippen LogP contribution in [0.1, 0.15) is 5.56 Å². The van der Waals surface area contributed by atoms with Crippen molar-refractivity contribution in [1.29, 1.82) is 0 Å². The van der Waals surface area contributed by atoms with E-state index in [1.165, 1.54) is 14.2 Å². The van der Waals surface area contributed by atoms with Crippen LogP contribution in [0.25, 0.3) is 10.9 Å². The average molecular weight is 309 g/mol. The number of fused-ring (bicyclic) bond motifs is 1. The molecule has 0 spiro atoms. The monoisotopic (exact) mass is 309 g/mol. The number of carbonyl (C=O) groups is 1. The third-order valence-corrected chi connectivity index (χ3v) is 3.25. The second-order valence-electron chi connectivity index (χ2n) is 4.91. The van der Waals surface area contributed by atoms with Crippen LogP contribution in [-0.2, 0) is 25.7 Å².